The predicted octanol–water partition coefficient (Wildman–Crippen LogP) is 0.553. The first-order valence-electron chi connectivity index (χ1n) is 6.36. The Morgan fingerprint density at radius 2 is 2.26 bits per heavy atom. The van der Waals surface area contributed by atoms with Crippen LogP contribution < -0.4 is 10.6 Å². The summed E-state index contributed by atoms with van der Waals surface area (Å²) < 4.78 is 5.47. The van der Waals surface area contributed by atoms with E-state index in [-0.39, 0.29) is 12.0 Å². The summed E-state index contributed by atoms with van der Waals surface area (Å²) in [5.74, 6) is -0.0157. The molecule has 5 nitrogen and oxygen atoms in total. The van der Waals surface area contributed by atoms with Crippen LogP contribution in [0, 0.1) is 11.3 Å². The first-order valence-corrected chi connectivity index (χ1v) is 6.36. The van der Waals surface area contributed by atoms with Gasteiger partial charge in [-0.25, -0.2) is 0 Å². The lowest BCUT2D eigenvalue weighted by atomic mass is 10.1. The molecule has 1 saturated heterocycles. The lowest BCUT2D eigenvalue weighted by molar-refractivity contribution is -0.124. The van der Waals surface area contributed by atoms with Crippen LogP contribution in [0.25, 0.3) is 0 Å². The second-order valence-electron chi connectivity index (χ2n) is 4.49. The summed E-state index contributed by atoms with van der Waals surface area (Å²) >= 11 is 0. The van der Waals surface area contributed by atoms with Gasteiger partial charge in [0.1, 0.15) is 0 Å². The summed E-state index contributed by atoms with van der Waals surface area (Å²) in [6, 6.07) is 9.24. The van der Waals surface area contributed by atoms with Gasteiger partial charge in [-0.05, 0) is 17.7 Å². The maximum absolute atomic E-state index is 11.7. The van der Waals surface area contributed by atoms with E-state index in [9.17, 15) is 4.79 Å². The van der Waals surface area contributed by atoms with Crippen LogP contribution >= 0.6 is 0 Å². The predicted molar refractivity (Wildman–Crippen MR) is 70.2 cm³/mol. The molecule has 19 heavy (non-hydrogen) atoms. The molecule has 1 heterocycles. The van der Waals surface area contributed by atoms with Crippen molar-refractivity contribution in [1.29, 1.82) is 5.26 Å². The van der Waals surface area contributed by atoms with Gasteiger partial charge in [0.05, 0.1) is 30.8 Å². The third kappa shape index (κ3) is 4.36. The van der Waals surface area contributed by atoms with Crippen LogP contribution in [-0.4, -0.2) is 31.7 Å². The molecular weight excluding hydrogens is 242 g/mol. The molecule has 0 saturated carbocycles. The Morgan fingerprint density at radius 3 is 2.89 bits per heavy atom. The molecule has 1 aliphatic rings. The summed E-state index contributed by atoms with van der Waals surface area (Å²) in [6.45, 7) is 2.71. The average molecular weight is 259 g/mol. The highest BCUT2D eigenvalue weighted by atomic mass is 16.5. The fraction of sp³-hybridized carbons (Fsp3) is 0.429. The second-order valence-corrected chi connectivity index (χ2v) is 4.49. The van der Waals surface area contributed by atoms with E-state index in [4.69, 9.17) is 10.00 Å². The van der Waals surface area contributed by atoms with Crippen molar-refractivity contribution >= 4 is 5.91 Å². The Bertz CT molecular complexity index is 459. The average Bonchev–Trinajstić information content (AvgIpc) is 2.47. The Balaban J connectivity index is 1.74. The highest BCUT2D eigenvalue weighted by Gasteiger charge is 2.16. The molecule has 100 valence electrons. The van der Waals surface area contributed by atoms with Crippen molar-refractivity contribution in [3.8, 4) is 6.07 Å². The van der Waals surface area contributed by atoms with Gasteiger partial charge in [0.2, 0.25) is 5.91 Å². The van der Waals surface area contributed by atoms with E-state index in [1.165, 1.54) is 0 Å². The summed E-state index contributed by atoms with van der Waals surface area (Å²) in [5.41, 5.74) is 1.60. The van der Waals surface area contributed by atoms with Gasteiger partial charge in [0.25, 0.3) is 0 Å². The first-order chi connectivity index (χ1) is 9.28. The van der Waals surface area contributed by atoms with Gasteiger partial charge in [0, 0.05) is 19.6 Å². The van der Waals surface area contributed by atoms with Gasteiger partial charge in [-0.1, -0.05) is 12.1 Å². The van der Waals surface area contributed by atoms with Gasteiger partial charge in [-0.15, -0.1) is 0 Å². The maximum Gasteiger partial charge on any atom is 0.222 e. The summed E-state index contributed by atoms with van der Waals surface area (Å²) in [7, 11) is 0. The van der Waals surface area contributed by atoms with E-state index in [1.54, 1.807) is 12.1 Å². The molecule has 1 atom stereocenters. The van der Waals surface area contributed by atoms with E-state index < -0.39 is 0 Å². The minimum Gasteiger partial charge on any atom is -0.375 e. The minimum absolute atomic E-state index is 0.0157. The molecule has 1 unspecified atom stereocenters. The Morgan fingerprint density at radius 1 is 1.47 bits per heavy atom. The zero-order valence-electron chi connectivity index (χ0n) is 10.7. The van der Waals surface area contributed by atoms with Crippen molar-refractivity contribution in [2.24, 2.45) is 0 Å². The number of carbonyl (C=O) groups is 1. The molecule has 1 aromatic rings. The van der Waals surface area contributed by atoms with Gasteiger partial charge in [-0.3, -0.25) is 4.79 Å². The van der Waals surface area contributed by atoms with Crippen LogP contribution in [0.4, 0.5) is 0 Å². The number of nitrogens with one attached hydrogen (secondary N) is 2. The Kier molecular flexibility index (Phi) is 4.90. The molecule has 2 N–H and O–H groups in total. The van der Waals surface area contributed by atoms with Crippen LogP contribution in [-0.2, 0) is 16.1 Å². The molecule has 2 rings (SSSR count). The third-order valence-electron chi connectivity index (χ3n) is 2.99. The van der Waals surface area contributed by atoms with Crippen molar-refractivity contribution < 1.29 is 9.53 Å². The van der Waals surface area contributed by atoms with Gasteiger partial charge < -0.3 is 15.4 Å². The summed E-state index contributed by atoms with van der Waals surface area (Å²) in [5, 5.41) is 14.7. The van der Waals surface area contributed by atoms with Gasteiger partial charge >= 0.3 is 0 Å². The largest absolute Gasteiger partial charge is 0.375 e. The number of morpholine rings is 1. The normalized spacial score (nSPS) is 18.6. The smallest absolute Gasteiger partial charge is 0.222 e. The van der Waals surface area contributed by atoms with E-state index in [1.807, 2.05) is 12.1 Å². The van der Waals surface area contributed by atoms with Gasteiger partial charge in [0.15, 0.2) is 0 Å². The van der Waals surface area contributed by atoms with E-state index >= 15 is 0 Å². The number of amides is 1. The van der Waals surface area contributed by atoms with Crippen molar-refractivity contribution in [2.45, 2.75) is 19.1 Å². The van der Waals surface area contributed by atoms with Crippen molar-refractivity contribution in [1.82, 2.24) is 10.6 Å². The molecule has 1 amide bonds. The van der Waals surface area contributed by atoms with Crippen LogP contribution in [0.1, 0.15) is 17.5 Å². The molecule has 5 heteroatoms. The highest BCUT2D eigenvalue weighted by molar-refractivity contribution is 5.76. The zero-order valence-corrected chi connectivity index (χ0v) is 10.7. The molecule has 0 spiro atoms. The first kappa shape index (κ1) is 13.5. The summed E-state index contributed by atoms with van der Waals surface area (Å²) in [4.78, 5) is 11.7. The number of benzene rings is 1. The molecule has 0 aliphatic carbocycles. The number of nitriles is 1. The molecule has 1 aliphatic heterocycles. The molecule has 0 aromatic heterocycles. The van der Waals surface area contributed by atoms with Crippen molar-refractivity contribution in [3.05, 3.63) is 35.4 Å². The third-order valence-corrected chi connectivity index (χ3v) is 2.99. The lowest BCUT2D eigenvalue weighted by Gasteiger charge is -2.23. The second kappa shape index (κ2) is 6.88. The fourth-order valence-corrected chi connectivity index (χ4v) is 1.93. The quantitative estimate of drug-likeness (QED) is 0.828. The van der Waals surface area contributed by atoms with E-state index in [0.717, 1.165) is 18.7 Å². The van der Waals surface area contributed by atoms with Crippen molar-refractivity contribution in [3.63, 3.8) is 0 Å². The topological polar surface area (TPSA) is 74.2 Å². The lowest BCUT2D eigenvalue weighted by Crippen LogP contribution is -2.41. The maximum atomic E-state index is 11.7. The van der Waals surface area contributed by atoms with Crippen LogP contribution in [0.15, 0.2) is 24.3 Å². The Hall–Kier alpha value is -1.90. The summed E-state index contributed by atoms with van der Waals surface area (Å²) in [6.07, 6.45) is 0.346. The van der Waals surface area contributed by atoms with Crippen molar-refractivity contribution in [2.75, 3.05) is 19.7 Å². The van der Waals surface area contributed by atoms with Crippen LogP contribution in [0.3, 0.4) is 0 Å². The number of carbonyl (C=O) groups excluding carboxylic acids is 1. The number of hydrogen-bond acceptors (Lipinski definition) is 4. The molecule has 0 radical (unpaired) electrons. The number of ether oxygens (including phenoxy) is 1. The number of nitrogens with zero attached hydrogens (tertiary/aromatic N) is 1. The highest BCUT2D eigenvalue weighted by Crippen LogP contribution is 2.04. The number of rotatable bonds is 4. The molecule has 1 aromatic carbocycles. The fourth-order valence-electron chi connectivity index (χ4n) is 1.93. The number of hydrogen-bond donors (Lipinski definition) is 2. The monoisotopic (exact) mass is 259 g/mol. The minimum atomic E-state index is -0.0327. The molecule has 0 bridgehead atoms. The van der Waals surface area contributed by atoms with E-state index in [2.05, 4.69) is 16.7 Å². The van der Waals surface area contributed by atoms with Gasteiger partial charge in [-0.2, -0.15) is 5.26 Å². The van der Waals surface area contributed by atoms with Crippen LogP contribution in [0.2, 0.25) is 0 Å². The van der Waals surface area contributed by atoms with E-state index in [0.29, 0.717) is 25.1 Å². The Labute approximate surface area is 112 Å². The standard InChI is InChI=1S/C14H17N3O2/c15-8-11-1-3-12(4-2-11)9-17-14(18)7-13-10-16-5-6-19-13/h1-4,13,16H,5-7,9-10H2,(H,17,18). The molecule has 1 fully saturated rings. The molecular formula is C14H17N3O2. The zero-order chi connectivity index (χ0) is 13.5. The SMILES string of the molecule is N#Cc1ccc(CNC(=O)CC2CNCCO2)cc1. The van der Waals surface area contributed by atoms with Crippen LogP contribution in [0.5, 0.6) is 0 Å².